The molecule has 3 rings (SSSR count). The smallest absolute Gasteiger partial charge is 0.182 e. The molecule has 0 atom stereocenters. The van der Waals surface area contributed by atoms with Crippen molar-refractivity contribution in [3.63, 3.8) is 0 Å². The van der Waals surface area contributed by atoms with E-state index >= 15 is 0 Å². The number of nitrogens with one attached hydrogen (secondary N) is 1. The van der Waals surface area contributed by atoms with Crippen molar-refractivity contribution in [3.05, 3.63) is 52.0 Å². The van der Waals surface area contributed by atoms with Crippen LogP contribution in [0.5, 0.6) is 0 Å². The molecule has 3 aromatic rings. The quantitative estimate of drug-likeness (QED) is 0.680. The van der Waals surface area contributed by atoms with Crippen LogP contribution in [-0.4, -0.2) is 14.5 Å². The highest BCUT2D eigenvalue weighted by atomic mass is 35.5. The molecule has 0 unspecified atom stereocenters. The van der Waals surface area contributed by atoms with E-state index in [-0.39, 0.29) is 0 Å². The Labute approximate surface area is 114 Å². The summed E-state index contributed by atoms with van der Waals surface area (Å²) in [5.74, 6) is 0. The van der Waals surface area contributed by atoms with Gasteiger partial charge in [-0.05, 0) is 42.9 Å². The molecule has 0 bridgehead atoms. The summed E-state index contributed by atoms with van der Waals surface area (Å²) in [4.78, 5) is 7.23. The van der Waals surface area contributed by atoms with Crippen LogP contribution in [0.4, 0.5) is 0 Å². The number of aryl methyl sites for hydroxylation is 1. The first-order chi connectivity index (χ1) is 8.66. The third-order valence-electron chi connectivity index (χ3n) is 2.90. The second-order valence-corrected chi connectivity index (χ2v) is 4.91. The first-order valence-electron chi connectivity index (χ1n) is 5.48. The molecule has 0 radical (unpaired) electrons. The number of aromatic amines is 1. The lowest BCUT2D eigenvalue weighted by Crippen LogP contribution is -1.97. The van der Waals surface area contributed by atoms with Crippen LogP contribution in [0.25, 0.3) is 16.7 Å². The van der Waals surface area contributed by atoms with Crippen LogP contribution in [0, 0.1) is 11.7 Å². The summed E-state index contributed by atoms with van der Waals surface area (Å²) in [5, 5.41) is 0.695. The molecule has 3 nitrogen and oxygen atoms in total. The number of imidazole rings is 1. The molecule has 0 saturated heterocycles. The Balaban J connectivity index is 2.41. The van der Waals surface area contributed by atoms with E-state index in [2.05, 4.69) is 9.97 Å². The number of hydrogen-bond donors (Lipinski definition) is 1. The van der Waals surface area contributed by atoms with Gasteiger partial charge in [0.05, 0.1) is 22.9 Å². The first kappa shape index (κ1) is 11.4. The van der Waals surface area contributed by atoms with E-state index in [1.165, 1.54) is 0 Å². The lowest BCUT2D eigenvalue weighted by molar-refractivity contribution is 1.05. The van der Waals surface area contributed by atoms with Gasteiger partial charge in [-0.15, -0.1) is 0 Å². The number of hydrogen-bond acceptors (Lipinski definition) is 2. The molecule has 90 valence electrons. The zero-order valence-corrected chi connectivity index (χ0v) is 11.2. The maximum atomic E-state index is 6.07. The van der Waals surface area contributed by atoms with E-state index in [0.717, 1.165) is 22.3 Å². The summed E-state index contributed by atoms with van der Waals surface area (Å²) in [7, 11) is 0. The zero-order chi connectivity index (χ0) is 12.7. The van der Waals surface area contributed by atoms with Crippen LogP contribution in [0.1, 0.15) is 5.56 Å². The van der Waals surface area contributed by atoms with Crippen molar-refractivity contribution in [1.29, 1.82) is 0 Å². The Morgan fingerprint density at radius 1 is 1.33 bits per heavy atom. The van der Waals surface area contributed by atoms with Crippen molar-refractivity contribution in [2.45, 2.75) is 6.92 Å². The van der Waals surface area contributed by atoms with E-state index in [1.807, 2.05) is 35.8 Å². The first-order valence-corrected chi connectivity index (χ1v) is 6.27. The van der Waals surface area contributed by atoms with Gasteiger partial charge in [0.15, 0.2) is 4.77 Å². The largest absolute Gasteiger partial charge is 0.329 e. The molecule has 0 fully saturated rings. The molecular weight excluding hydrogens is 266 g/mol. The summed E-state index contributed by atoms with van der Waals surface area (Å²) in [6.45, 7) is 2.04. The fraction of sp³-hybridized carbons (Fsp3) is 0.0769. The molecule has 0 aliphatic heterocycles. The van der Waals surface area contributed by atoms with Crippen LogP contribution in [-0.2, 0) is 0 Å². The van der Waals surface area contributed by atoms with Gasteiger partial charge in [0.1, 0.15) is 0 Å². The minimum absolute atomic E-state index is 0.642. The van der Waals surface area contributed by atoms with Crippen molar-refractivity contribution in [1.82, 2.24) is 14.5 Å². The lowest BCUT2D eigenvalue weighted by Gasteiger charge is -2.08. The topological polar surface area (TPSA) is 33.6 Å². The third-order valence-corrected chi connectivity index (χ3v) is 3.42. The van der Waals surface area contributed by atoms with Gasteiger partial charge in [0, 0.05) is 11.2 Å². The highest BCUT2D eigenvalue weighted by Gasteiger charge is 2.08. The standard InChI is InChI=1S/C13H10ClN3S/c1-8-2-3-9(14)6-12(8)17-11-4-5-15-7-10(11)16-13(17)18/h2-7H,1H3,(H,16,18). The summed E-state index contributed by atoms with van der Waals surface area (Å²) in [6.07, 6.45) is 3.52. The number of H-pyrrole nitrogens is 1. The Kier molecular flexibility index (Phi) is 2.69. The minimum atomic E-state index is 0.642. The van der Waals surface area contributed by atoms with Gasteiger partial charge in [-0.25, -0.2) is 0 Å². The van der Waals surface area contributed by atoms with E-state index in [9.17, 15) is 0 Å². The van der Waals surface area contributed by atoms with Crippen LogP contribution in [0.3, 0.4) is 0 Å². The van der Waals surface area contributed by atoms with E-state index in [0.29, 0.717) is 9.79 Å². The van der Waals surface area contributed by atoms with Crippen molar-refractivity contribution in [3.8, 4) is 5.69 Å². The molecule has 0 aliphatic rings. The SMILES string of the molecule is Cc1ccc(Cl)cc1-n1c(=S)[nH]c2cnccc21. The molecule has 5 heteroatoms. The Bertz CT molecular complexity index is 788. The fourth-order valence-corrected chi connectivity index (χ4v) is 2.49. The maximum Gasteiger partial charge on any atom is 0.182 e. The fourth-order valence-electron chi connectivity index (χ4n) is 2.02. The number of nitrogens with zero attached hydrogens (tertiary/aromatic N) is 2. The number of aromatic nitrogens is 3. The predicted octanol–water partition coefficient (Wildman–Crippen LogP) is 4.04. The van der Waals surface area contributed by atoms with Gasteiger partial charge >= 0.3 is 0 Å². The predicted molar refractivity (Wildman–Crippen MR) is 76.0 cm³/mol. The Morgan fingerprint density at radius 2 is 2.17 bits per heavy atom. The average Bonchev–Trinajstić information content (AvgIpc) is 2.68. The Morgan fingerprint density at radius 3 is 3.00 bits per heavy atom. The molecule has 1 N–H and O–H groups in total. The molecule has 0 aliphatic carbocycles. The highest BCUT2D eigenvalue weighted by Crippen LogP contribution is 2.24. The van der Waals surface area contributed by atoms with Crippen molar-refractivity contribution < 1.29 is 0 Å². The molecule has 0 spiro atoms. The number of benzene rings is 1. The molecule has 18 heavy (non-hydrogen) atoms. The second-order valence-electron chi connectivity index (χ2n) is 4.09. The molecule has 2 aromatic heterocycles. The summed E-state index contributed by atoms with van der Waals surface area (Å²) in [5.41, 5.74) is 4.03. The monoisotopic (exact) mass is 275 g/mol. The van der Waals surface area contributed by atoms with Gasteiger partial charge in [-0.2, -0.15) is 0 Å². The Hall–Kier alpha value is -1.65. The second kappa shape index (κ2) is 4.23. The minimum Gasteiger partial charge on any atom is -0.329 e. The van der Waals surface area contributed by atoms with Crippen molar-refractivity contribution in [2.24, 2.45) is 0 Å². The van der Waals surface area contributed by atoms with Crippen LogP contribution in [0.2, 0.25) is 5.02 Å². The summed E-state index contributed by atoms with van der Waals surface area (Å²) >= 11 is 11.4. The average molecular weight is 276 g/mol. The van der Waals surface area contributed by atoms with E-state index < -0.39 is 0 Å². The van der Waals surface area contributed by atoms with Crippen molar-refractivity contribution >= 4 is 34.9 Å². The lowest BCUT2D eigenvalue weighted by atomic mass is 10.2. The van der Waals surface area contributed by atoms with Gasteiger partial charge in [0.25, 0.3) is 0 Å². The van der Waals surface area contributed by atoms with E-state index in [4.69, 9.17) is 23.8 Å². The van der Waals surface area contributed by atoms with Crippen LogP contribution < -0.4 is 0 Å². The summed E-state index contributed by atoms with van der Waals surface area (Å²) in [6, 6.07) is 7.71. The highest BCUT2D eigenvalue weighted by molar-refractivity contribution is 7.71. The van der Waals surface area contributed by atoms with Crippen LogP contribution >= 0.6 is 23.8 Å². The number of halogens is 1. The van der Waals surface area contributed by atoms with Gasteiger partial charge in [-0.1, -0.05) is 17.7 Å². The molecule has 2 heterocycles. The van der Waals surface area contributed by atoms with Gasteiger partial charge < -0.3 is 4.98 Å². The van der Waals surface area contributed by atoms with E-state index in [1.54, 1.807) is 12.4 Å². The van der Waals surface area contributed by atoms with Gasteiger partial charge in [0.2, 0.25) is 0 Å². The molecule has 1 aromatic carbocycles. The molecular formula is C13H10ClN3S. The zero-order valence-electron chi connectivity index (χ0n) is 9.64. The maximum absolute atomic E-state index is 6.07. The normalized spacial score (nSPS) is 11.0. The van der Waals surface area contributed by atoms with Crippen LogP contribution in [0.15, 0.2) is 36.7 Å². The summed E-state index contributed by atoms with van der Waals surface area (Å²) < 4.78 is 2.62. The number of fused-ring (bicyclic) bond motifs is 1. The third kappa shape index (κ3) is 1.74. The molecule has 0 saturated carbocycles. The number of pyridine rings is 1. The molecule has 0 amide bonds. The van der Waals surface area contributed by atoms with Crippen molar-refractivity contribution in [2.75, 3.05) is 0 Å². The van der Waals surface area contributed by atoms with Gasteiger partial charge in [-0.3, -0.25) is 9.55 Å². The number of rotatable bonds is 1.